The highest BCUT2D eigenvalue weighted by Crippen LogP contribution is 2.67. The standard InChI is InChI=1S/C19H29N/c1-18(2)17(19(18,3)4)13-20-12-15-10-7-9-14-8-5-6-11-16(14)15/h5-6,8,11,15,17,20H,7,9-10,12-13H2,1-4H3. The van der Waals surface area contributed by atoms with E-state index in [1.165, 1.54) is 25.8 Å². The van der Waals surface area contributed by atoms with Crippen molar-refractivity contribution in [2.45, 2.75) is 52.9 Å². The summed E-state index contributed by atoms with van der Waals surface area (Å²) in [6, 6.07) is 9.04. The summed E-state index contributed by atoms with van der Waals surface area (Å²) in [6.07, 6.45) is 3.97. The van der Waals surface area contributed by atoms with Crippen LogP contribution in [0.1, 0.15) is 57.6 Å². The molecular formula is C19H29N. The van der Waals surface area contributed by atoms with Crippen LogP contribution in [0.4, 0.5) is 0 Å². The molecule has 2 aliphatic rings. The van der Waals surface area contributed by atoms with Crippen LogP contribution in [0.3, 0.4) is 0 Å². The highest BCUT2D eigenvalue weighted by molar-refractivity contribution is 5.32. The maximum absolute atomic E-state index is 3.77. The van der Waals surface area contributed by atoms with E-state index in [1.807, 2.05) is 0 Å². The molecule has 1 N–H and O–H groups in total. The van der Waals surface area contributed by atoms with E-state index in [0.717, 1.165) is 18.4 Å². The van der Waals surface area contributed by atoms with E-state index >= 15 is 0 Å². The van der Waals surface area contributed by atoms with Crippen LogP contribution >= 0.6 is 0 Å². The highest BCUT2D eigenvalue weighted by Gasteiger charge is 2.63. The van der Waals surface area contributed by atoms with Crippen LogP contribution in [0.5, 0.6) is 0 Å². The van der Waals surface area contributed by atoms with Gasteiger partial charge in [0.25, 0.3) is 0 Å². The molecule has 1 atom stereocenters. The maximum atomic E-state index is 3.77. The van der Waals surface area contributed by atoms with Crippen molar-refractivity contribution in [3.8, 4) is 0 Å². The molecule has 0 amide bonds. The van der Waals surface area contributed by atoms with Gasteiger partial charge in [0, 0.05) is 6.54 Å². The predicted octanol–water partition coefficient (Wildman–Crippen LogP) is 4.38. The molecular weight excluding hydrogens is 242 g/mol. The van der Waals surface area contributed by atoms with Gasteiger partial charge in [-0.3, -0.25) is 0 Å². The Morgan fingerprint density at radius 2 is 1.75 bits per heavy atom. The average Bonchev–Trinajstić information content (AvgIpc) is 2.81. The molecule has 3 rings (SSSR count). The fourth-order valence-corrected chi connectivity index (χ4v) is 4.31. The van der Waals surface area contributed by atoms with Gasteiger partial charge in [-0.25, -0.2) is 0 Å². The van der Waals surface area contributed by atoms with Gasteiger partial charge in [0.05, 0.1) is 0 Å². The summed E-state index contributed by atoms with van der Waals surface area (Å²) >= 11 is 0. The normalized spacial score (nSPS) is 27.1. The molecule has 0 heterocycles. The summed E-state index contributed by atoms with van der Waals surface area (Å²) in [5, 5.41) is 3.77. The zero-order chi connectivity index (χ0) is 14.4. The van der Waals surface area contributed by atoms with E-state index in [9.17, 15) is 0 Å². The van der Waals surface area contributed by atoms with E-state index in [-0.39, 0.29) is 0 Å². The second-order valence-electron chi connectivity index (χ2n) is 7.94. The van der Waals surface area contributed by atoms with Gasteiger partial charge in [-0.05, 0) is 59.6 Å². The minimum absolute atomic E-state index is 0.504. The fraction of sp³-hybridized carbons (Fsp3) is 0.684. The van der Waals surface area contributed by atoms with Crippen LogP contribution in [0.2, 0.25) is 0 Å². The van der Waals surface area contributed by atoms with Crippen molar-refractivity contribution < 1.29 is 0 Å². The van der Waals surface area contributed by atoms with Crippen LogP contribution in [0.25, 0.3) is 0 Å². The quantitative estimate of drug-likeness (QED) is 0.857. The van der Waals surface area contributed by atoms with Crippen molar-refractivity contribution in [2.75, 3.05) is 13.1 Å². The Hall–Kier alpha value is -0.820. The third-order valence-corrected chi connectivity index (χ3v) is 6.55. The summed E-state index contributed by atoms with van der Waals surface area (Å²) in [5.41, 5.74) is 4.19. The van der Waals surface area contributed by atoms with Gasteiger partial charge in [-0.15, -0.1) is 0 Å². The topological polar surface area (TPSA) is 12.0 Å². The number of rotatable bonds is 4. The van der Waals surface area contributed by atoms with Crippen LogP contribution in [-0.4, -0.2) is 13.1 Å². The van der Waals surface area contributed by atoms with Crippen molar-refractivity contribution >= 4 is 0 Å². The van der Waals surface area contributed by atoms with E-state index in [1.54, 1.807) is 11.1 Å². The summed E-state index contributed by atoms with van der Waals surface area (Å²) in [7, 11) is 0. The molecule has 1 fully saturated rings. The maximum Gasteiger partial charge on any atom is 0.00203 e. The van der Waals surface area contributed by atoms with Gasteiger partial charge in [0.15, 0.2) is 0 Å². The fourth-order valence-electron chi connectivity index (χ4n) is 4.31. The summed E-state index contributed by atoms with van der Waals surface area (Å²) < 4.78 is 0. The lowest BCUT2D eigenvalue weighted by atomic mass is 9.83. The largest absolute Gasteiger partial charge is 0.316 e. The van der Waals surface area contributed by atoms with Crippen molar-refractivity contribution in [3.05, 3.63) is 35.4 Å². The highest BCUT2D eigenvalue weighted by atomic mass is 14.9. The van der Waals surface area contributed by atoms with Crippen LogP contribution in [0, 0.1) is 16.7 Å². The van der Waals surface area contributed by atoms with E-state index in [4.69, 9.17) is 0 Å². The molecule has 1 unspecified atom stereocenters. The number of benzene rings is 1. The van der Waals surface area contributed by atoms with Crippen LogP contribution < -0.4 is 5.32 Å². The Balaban J connectivity index is 1.56. The van der Waals surface area contributed by atoms with E-state index in [2.05, 4.69) is 57.3 Å². The molecule has 110 valence electrons. The van der Waals surface area contributed by atoms with Crippen molar-refractivity contribution in [1.82, 2.24) is 5.32 Å². The summed E-state index contributed by atoms with van der Waals surface area (Å²) in [4.78, 5) is 0. The van der Waals surface area contributed by atoms with Gasteiger partial charge >= 0.3 is 0 Å². The number of nitrogens with one attached hydrogen (secondary N) is 1. The molecule has 0 aliphatic heterocycles. The van der Waals surface area contributed by atoms with Crippen molar-refractivity contribution in [2.24, 2.45) is 16.7 Å². The Kier molecular flexibility index (Phi) is 3.44. The summed E-state index contributed by atoms with van der Waals surface area (Å²) in [5.74, 6) is 1.55. The number of hydrogen-bond acceptors (Lipinski definition) is 1. The number of aryl methyl sites for hydroxylation is 1. The molecule has 1 aromatic rings. The van der Waals surface area contributed by atoms with Gasteiger partial charge in [-0.2, -0.15) is 0 Å². The lowest BCUT2D eigenvalue weighted by molar-refractivity contribution is 0.457. The molecule has 0 radical (unpaired) electrons. The monoisotopic (exact) mass is 271 g/mol. The van der Waals surface area contributed by atoms with Gasteiger partial charge in [0.2, 0.25) is 0 Å². The minimum atomic E-state index is 0.504. The van der Waals surface area contributed by atoms with Gasteiger partial charge < -0.3 is 5.32 Å². The lowest BCUT2D eigenvalue weighted by Gasteiger charge is -2.26. The smallest absolute Gasteiger partial charge is 0.00203 e. The summed E-state index contributed by atoms with van der Waals surface area (Å²) in [6.45, 7) is 12.0. The Morgan fingerprint density at radius 1 is 1.05 bits per heavy atom. The predicted molar refractivity (Wildman–Crippen MR) is 86.0 cm³/mol. The molecule has 1 aromatic carbocycles. The average molecular weight is 271 g/mol. The lowest BCUT2D eigenvalue weighted by Crippen LogP contribution is -2.27. The van der Waals surface area contributed by atoms with Crippen molar-refractivity contribution in [3.63, 3.8) is 0 Å². The van der Waals surface area contributed by atoms with Gasteiger partial charge in [0.1, 0.15) is 0 Å². The molecule has 20 heavy (non-hydrogen) atoms. The zero-order valence-corrected chi connectivity index (χ0v) is 13.5. The number of fused-ring (bicyclic) bond motifs is 1. The first-order valence-corrected chi connectivity index (χ1v) is 8.23. The first-order chi connectivity index (χ1) is 9.44. The van der Waals surface area contributed by atoms with E-state index in [0.29, 0.717) is 10.8 Å². The molecule has 0 aromatic heterocycles. The Bertz CT molecular complexity index is 472. The molecule has 2 aliphatic carbocycles. The van der Waals surface area contributed by atoms with Crippen LogP contribution in [-0.2, 0) is 6.42 Å². The molecule has 0 bridgehead atoms. The molecule has 0 saturated heterocycles. The SMILES string of the molecule is CC1(C)C(CNCC2CCCc3ccccc32)C1(C)C. The third-order valence-electron chi connectivity index (χ3n) is 6.55. The molecule has 1 heteroatoms. The zero-order valence-electron chi connectivity index (χ0n) is 13.5. The first-order valence-electron chi connectivity index (χ1n) is 8.23. The van der Waals surface area contributed by atoms with E-state index < -0.39 is 0 Å². The number of hydrogen-bond donors (Lipinski definition) is 1. The molecule has 1 saturated carbocycles. The molecule has 0 spiro atoms. The Morgan fingerprint density at radius 3 is 2.45 bits per heavy atom. The van der Waals surface area contributed by atoms with Crippen LogP contribution in [0.15, 0.2) is 24.3 Å². The second kappa shape index (κ2) is 4.87. The minimum Gasteiger partial charge on any atom is -0.316 e. The van der Waals surface area contributed by atoms with Gasteiger partial charge in [-0.1, -0.05) is 52.0 Å². The molecule has 1 nitrogen and oxygen atoms in total. The first kappa shape index (κ1) is 14.1. The van der Waals surface area contributed by atoms with Crippen molar-refractivity contribution in [1.29, 1.82) is 0 Å². The Labute approximate surface area is 124 Å². The third kappa shape index (κ3) is 2.20. The second-order valence-corrected chi connectivity index (χ2v) is 7.94.